The summed E-state index contributed by atoms with van der Waals surface area (Å²) in [6.07, 6.45) is 1.60. The number of nitrogens with zero attached hydrogens (tertiary/aromatic N) is 1. The SMILES string of the molecule is Cc1cn(S(=O)(=O)c2ccc(C(=O)NCc3ccc(F)cc3)cc2)c2ccccc12. The molecule has 0 unspecified atom stereocenters. The van der Waals surface area contributed by atoms with Crippen LogP contribution in [0.15, 0.2) is 83.9 Å². The first kappa shape index (κ1) is 19.8. The number of halogens is 1. The summed E-state index contributed by atoms with van der Waals surface area (Å²) in [5.41, 5.74) is 2.57. The number of fused-ring (bicyclic) bond motifs is 1. The van der Waals surface area contributed by atoms with E-state index in [4.69, 9.17) is 0 Å². The first-order chi connectivity index (χ1) is 14.4. The number of rotatable bonds is 5. The van der Waals surface area contributed by atoms with Crippen molar-refractivity contribution in [1.82, 2.24) is 9.29 Å². The fraction of sp³-hybridized carbons (Fsp3) is 0.0870. The zero-order chi connectivity index (χ0) is 21.3. The van der Waals surface area contributed by atoms with Gasteiger partial charge in [-0.05, 0) is 60.5 Å². The molecule has 1 amide bonds. The average molecular weight is 422 g/mol. The smallest absolute Gasteiger partial charge is 0.268 e. The number of benzene rings is 3. The summed E-state index contributed by atoms with van der Waals surface area (Å²) in [6.45, 7) is 2.11. The molecule has 0 fully saturated rings. The average Bonchev–Trinajstić information content (AvgIpc) is 3.11. The summed E-state index contributed by atoms with van der Waals surface area (Å²) < 4.78 is 40.4. The third kappa shape index (κ3) is 3.71. The van der Waals surface area contributed by atoms with Gasteiger partial charge in [-0.25, -0.2) is 16.8 Å². The van der Waals surface area contributed by atoms with Gasteiger partial charge in [-0.15, -0.1) is 0 Å². The van der Waals surface area contributed by atoms with Gasteiger partial charge in [0.2, 0.25) is 0 Å². The fourth-order valence-corrected chi connectivity index (χ4v) is 4.71. The monoisotopic (exact) mass is 422 g/mol. The molecule has 0 aliphatic rings. The summed E-state index contributed by atoms with van der Waals surface area (Å²) in [5, 5.41) is 3.61. The van der Waals surface area contributed by atoms with E-state index in [0.717, 1.165) is 16.5 Å². The van der Waals surface area contributed by atoms with Crippen LogP contribution in [0.4, 0.5) is 4.39 Å². The molecule has 4 aromatic rings. The molecule has 4 rings (SSSR count). The van der Waals surface area contributed by atoms with Crippen LogP contribution in [0.5, 0.6) is 0 Å². The van der Waals surface area contributed by atoms with Crippen LogP contribution in [0.3, 0.4) is 0 Å². The third-order valence-electron chi connectivity index (χ3n) is 4.92. The molecule has 1 N–H and O–H groups in total. The van der Waals surface area contributed by atoms with Crippen molar-refractivity contribution < 1.29 is 17.6 Å². The molecule has 0 saturated heterocycles. The zero-order valence-electron chi connectivity index (χ0n) is 16.2. The Morgan fingerprint density at radius 3 is 2.33 bits per heavy atom. The van der Waals surface area contributed by atoms with Gasteiger partial charge in [0.1, 0.15) is 5.82 Å². The number of para-hydroxylation sites is 1. The second-order valence-corrected chi connectivity index (χ2v) is 8.78. The number of aromatic nitrogens is 1. The number of hydrogen-bond donors (Lipinski definition) is 1. The van der Waals surface area contributed by atoms with Gasteiger partial charge < -0.3 is 5.32 Å². The van der Waals surface area contributed by atoms with Crippen LogP contribution in [-0.2, 0) is 16.6 Å². The van der Waals surface area contributed by atoms with Gasteiger partial charge in [0.05, 0.1) is 10.4 Å². The van der Waals surface area contributed by atoms with Gasteiger partial charge in [0.15, 0.2) is 0 Å². The molecule has 0 spiro atoms. The summed E-state index contributed by atoms with van der Waals surface area (Å²) in [4.78, 5) is 12.4. The minimum absolute atomic E-state index is 0.0957. The molecular weight excluding hydrogens is 403 g/mol. The molecule has 7 heteroatoms. The molecule has 1 aromatic heterocycles. The molecule has 0 aliphatic heterocycles. The Bertz CT molecular complexity index is 1330. The van der Waals surface area contributed by atoms with Crippen LogP contribution >= 0.6 is 0 Å². The van der Waals surface area contributed by atoms with Crippen LogP contribution < -0.4 is 5.32 Å². The summed E-state index contributed by atoms with van der Waals surface area (Å²) in [6, 6.07) is 18.9. The van der Waals surface area contributed by atoms with Crippen molar-refractivity contribution in [3.8, 4) is 0 Å². The molecular formula is C23H19FN2O3S. The third-order valence-corrected chi connectivity index (χ3v) is 6.60. The molecule has 3 aromatic carbocycles. The lowest BCUT2D eigenvalue weighted by molar-refractivity contribution is 0.0951. The zero-order valence-corrected chi connectivity index (χ0v) is 17.0. The minimum atomic E-state index is -3.80. The van der Waals surface area contributed by atoms with Crippen molar-refractivity contribution in [2.75, 3.05) is 0 Å². The van der Waals surface area contributed by atoms with E-state index in [0.29, 0.717) is 11.1 Å². The fourth-order valence-electron chi connectivity index (χ4n) is 3.29. The Hall–Kier alpha value is -3.45. The van der Waals surface area contributed by atoms with Gasteiger partial charge >= 0.3 is 0 Å². The Morgan fingerprint density at radius 2 is 1.63 bits per heavy atom. The Morgan fingerprint density at radius 1 is 0.967 bits per heavy atom. The predicted molar refractivity (Wildman–Crippen MR) is 113 cm³/mol. The summed E-state index contributed by atoms with van der Waals surface area (Å²) >= 11 is 0. The van der Waals surface area contributed by atoms with Gasteiger partial charge in [-0.1, -0.05) is 30.3 Å². The van der Waals surface area contributed by atoms with Crippen LogP contribution in [-0.4, -0.2) is 18.3 Å². The van der Waals surface area contributed by atoms with E-state index in [1.54, 1.807) is 30.5 Å². The second-order valence-electron chi connectivity index (χ2n) is 6.96. The van der Waals surface area contributed by atoms with E-state index < -0.39 is 10.0 Å². The highest BCUT2D eigenvalue weighted by atomic mass is 32.2. The normalized spacial score (nSPS) is 11.5. The van der Waals surface area contributed by atoms with E-state index in [9.17, 15) is 17.6 Å². The van der Waals surface area contributed by atoms with E-state index in [2.05, 4.69) is 5.32 Å². The number of amides is 1. The highest BCUT2D eigenvalue weighted by Crippen LogP contribution is 2.25. The highest BCUT2D eigenvalue weighted by molar-refractivity contribution is 7.90. The molecule has 152 valence electrons. The van der Waals surface area contributed by atoms with Crippen LogP contribution in [0.2, 0.25) is 0 Å². The summed E-state index contributed by atoms with van der Waals surface area (Å²) in [5.74, 6) is -0.682. The molecule has 0 atom stereocenters. The summed E-state index contributed by atoms with van der Waals surface area (Å²) in [7, 11) is -3.80. The highest BCUT2D eigenvalue weighted by Gasteiger charge is 2.20. The molecule has 0 radical (unpaired) electrons. The predicted octanol–water partition coefficient (Wildman–Crippen LogP) is 4.26. The van der Waals surface area contributed by atoms with Gasteiger partial charge in [-0.3, -0.25) is 4.79 Å². The van der Waals surface area contributed by atoms with Crippen molar-refractivity contribution in [1.29, 1.82) is 0 Å². The van der Waals surface area contributed by atoms with Gasteiger partial charge in [0.25, 0.3) is 15.9 Å². The van der Waals surface area contributed by atoms with Crippen molar-refractivity contribution in [2.24, 2.45) is 0 Å². The molecule has 30 heavy (non-hydrogen) atoms. The molecule has 5 nitrogen and oxygen atoms in total. The number of carbonyl (C=O) groups excluding carboxylic acids is 1. The largest absolute Gasteiger partial charge is 0.348 e. The van der Waals surface area contributed by atoms with Crippen LogP contribution in [0, 0.1) is 12.7 Å². The van der Waals surface area contributed by atoms with Crippen LogP contribution in [0.25, 0.3) is 10.9 Å². The number of aryl methyl sites for hydroxylation is 1. The van der Waals surface area contributed by atoms with Gasteiger partial charge in [-0.2, -0.15) is 0 Å². The topological polar surface area (TPSA) is 68.2 Å². The standard InChI is InChI=1S/C23H19FN2O3S/c1-16-15-26(22-5-3-2-4-21(16)22)30(28,29)20-12-8-18(9-13-20)23(27)25-14-17-6-10-19(24)11-7-17/h2-13,15H,14H2,1H3,(H,25,27). The Balaban J connectivity index is 1.55. The minimum Gasteiger partial charge on any atom is -0.348 e. The van der Waals surface area contributed by atoms with Crippen LogP contribution in [0.1, 0.15) is 21.5 Å². The lowest BCUT2D eigenvalue weighted by atomic mass is 10.2. The second kappa shape index (κ2) is 7.76. The molecule has 0 saturated carbocycles. The van der Waals surface area contributed by atoms with E-state index in [-0.39, 0.29) is 23.2 Å². The Labute approximate surface area is 173 Å². The molecule has 1 heterocycles. The van der Waals surface area contributed by atoms with Crippen molar-refractivity contribution in [3.05, 3.63) is 102 Å². The van der Waals surface area contributed by atoms with E-state index in [1.165, 1.54) is 40.4 Å². The maximum atomic E-state index is 13.1. The van der Waals surface area contributed by atoms with Gasteiger partial charge in [0, 0.05) is 23.7 Å². The Kier molecular flexibility index (Phi) is 5.13. The molecule has 0 aliphatic carbocycles. The number of nitrogens with one attached hydrogen (secondary N) is 1. The first-order valence-electron chi connectivity index (χ1n) is 9.31. The van der Waals surface area contributed by atoms with Crippen molar-refractivity contribution >= 4 is 26.8 Å². The lowest BCUT2D eigenvalue weighted by Gasteiger charge is -2.09. The maximum Gasteiger partial charge on any atom is 0.268 e. The van der Waals surface area contributed by atoms with E-state index >= 15 is 0 Å². The molecule has 0 bridgehead atoms. The lowest BCUT2D eigenvalue weighted by Crippen LogP contribution is -2.22. The maximum absolute atomic E-state index is 13.1. The quantitative estimate of drug-likeness (QED) is 0.523. The number of carbonyl (C=O) groups is 1. The van der Waals surface area contributed by atoms with E-state index in [1.807, 2.05) is 19.1 Å². The van der Waals surface area contributed by atoms with Crippen molar-refractivity contribution in [3.63, 3.8) is 0 Å². The van der Waals surface area contributed by atoms with Crippen molar-refractivity contribution in [2.45, 2.75) is 18.4 Å². The number of hydrogen-bond acceptors (Lipinski definition) is 3. The first-order valence-corrected chi connectivity index (χ1v) is 10.8.